The van der Waals surface area contributed by atoms with E-state index in [-0.39, 0.29) is 5.69 Å². The van der Waals surface area contributed by atoms with Gasteiger partial charge in [0.15, 0.2) is 11.6 Å². The number of aromatic carboxylic acids is 1. The molecule has 6 heteroatoms. The number of hydrogen-bond donors (Lipinski definition) is 2. The Labute approximate surface area is 153 Å². The second-order valence-electron chi connectivity index (χ2n) is 6.00. The first-order chi connectivity index (χ1) is 12.8. The molecule has 0 bridgehead atoms. The molecule has 0 aliphatic heterocycles. The molecule has 0 atom stereocenters. The molecule has 0 saturated carbocycles. The number of allylic oxidation sites excluding steroid dienone is 1. The lowest BCUT2D eigenvalue weighted by molar-refractivity contribution is -0.111. The van der Waals surface area contributed by atoms with Gasteiger partial charge in [-0.3, -0.25) is 4.79 Å². The molecule has 0 heterocycles. The van der Waals surface area contributed by atoms with E-state index in [1.807, 2.05) is 42.5 Å². The number of carboxylic acids is 1. The summed E-state index contributed by atoms with van der Waals surface area (Å²) in [6, 6.07) is 14.7. The van der Waals surface area contributed by atoms with Gasteiger partial charge < -0.3 is 10.4 Å². The average Bonchev–Trinajstić information content (AvgIpc) is 2.63. The third-order valence-electron chi connectivity index (χ3n) is 4.10. The number of carbonyl (C=O) groups is 2. The van der Waals surface area contributed by atoms with Crippen LogP contribution in [0, 0.1) is 11.6 Å². The summed E-state index contributed by atoms with van der Waals surface area (Å²) in [7, 11) is 0. The van der Waals surface area contributed by atoms with E-state index in [0.29, 0.717) is 17.7 Å². The summed E-state index contributed by atoms with van der Waals surface area (Å²) in [6.07, 6.45) is 1.27. The van der Waals surface area contributed by atoms with E-state index in [1.54, 1.807) is 6.92 Å². The van der Waals surface area contributed by atoms with Gasteiger partial charge in [-0.15, -0.1) is 0 Å². The lowest BCUT2D eigenvalue weighted by Gasteiger charge is -2.09. The fraction of sp³-hybridized carbons (Fsp3) is 0.0476. The first-order valence-electron chi connectivity index (χ1n) is 8.06. The van der Waals surface area contributed by atoms with Gasteiger partial charge >= 0.3 is 5.97 Å². The van der Waals surface area contributed by atoms with Gasteiger partial charge in [-0.25, -0.2) is 13.6 Å². The van der Waals surface area contributed by atoms with Crippen molar-refractivity contribution in [1.82, 2.24) is 0 Å². The normalized spacial score (nSPS) is 11.4. The van der Waals surface area contributed by atoms with Crippen LogP contribution in [0.1, 0.15) is 22.8 Å². The highest BCUT2D eigenvalue weighted by molar-refractivity contribution is 6.07. The minimum atomic E-state index is -1.47. The summed E-state index contributed by atoms with van der Waals surface area (Å²) in [5.41, 5.74) is 0.610. The molecular weight excluding hydrogens is 352 g/mol. The van der Waals surface area contributed by atoms with Gasteiger partial charge in [0.05, 0.1) is 11.3 Å². The minimum absolute atomic E-state index is 0.311. The molecule has 136 valence electrons. The van der Waals surface area contributed by atoms with Crippen molar-refractivity contribution in [3.63, 3.8) is 0 Å². The molecule has 0 saturated heterocycles. The van der Waals surface area contributed by atoms with Crippen LogP contribution < -0.4 is 5.32 Å². The van der Waals surface area contributed by atoms with Crippen LogP contribution in [0.5, 0.6) is 0 Å². The van der Waals surface area contributed by atoms with E-state index < -0.39 is 29.1 Å². The lowest BCUT2D eigenvalue weighted by atomic mass is 10.0. The summed E-state index contributed by atoms with van der Waals surface area (Å²) < 4.78 is 26.7. The molecule has 3 rings (SSSR count). The number of hydrogen-bond acceptors (Lipinski definition) is 2. The highest BCUT2D eigenvalue weighted by Crippen LogP contribution is 2.23. The Morgan fingerprint density at radius 3 is 2.33 bits per heavy atom. The fourth-order valence-corrected chi connectivity index (χ4v) is 2.71. The van der Waals surface area contributed by atoms with Gasteiger partial charge in [-0.1, -0.05) is 36.4 Å². The van der Waals surface area contributed by atoms with E-state index in [0.717, 1.165) is 16.3 Å². The van der Waals surface area contributed by atoms with Gasteiger partial charge in [0.1, 0.15) is 0 Å². The minimum Gasteiger partial charge on any atom is -0.478 e. The third-order valence-corrected chi connectivity index (χ3v) is 4.10. The zero-order chi connectivity index (χ0) is 19.6. The molecule has 0 radical (unpaired) electrons. The van der Waals surface area contributed by atoms with E-state index in [9.17, 15) is 18.4 Å². The van der Waals surface area contributed by atoms with Crippen molar-refractivity contribution < 1.29 is 23.5 Å². The smallest absolute Gasteiger partial charge is 0.337 e. The van der Waals surface area contributed by atoms with Crippen LogP contribution in [0.4, 0.5) is 14.5 Å². The Bertz CT molecular complexity index is 1090. The molecule has 0 aromatic heterocycles. The van der Waals surface area contributed by atoms with E-state index >= 15 is 0 Å². The average molecular weight is 367 g/mol. The van der Waals surface area contributed by atoms with Crippen LogP contribution in [-0.2, 0) is 4.79 Å². The fourth-order valence-electron chi connectivity index (χ4n) is 2.71. The molecule has 27 heavy (non-hydrogen) atoms. The molecule has 1 amide bonds. The summed E-state index contributed by atoms with van der Waals surface area (Å²) in [6.45, 7) is 1.73. The first kappa shape index (κ1) is 18.3. The van der Waals surface area contributed by atoms with Crippen molar-refractivity contribution in [1.29, 1.82) is 0 Å². The number of anilines is 1. The van der Waals surface area contributed by atoms with Crippen LogP contribution in [0.3, 0.4) is 0 Å². The molecule has 0 aliphatic carbocycles. The predicted octanol–water partition coefficient (Wildman–Crippen LogP) is 4.86. The molecule has 3 aromatic carbocycles. The van der Waals surface area contributed by atoms with E-state index in [2.05, 4.69) is 5.32 Å². The molecule has 4 nitrogen and oxygen atoms in total. The highest BCUT2D eigenvalue weighted by atomic mass is 19.2. The predicted molar refractivity (Wildman–Crippen MR) is 99.5 cm³/mol. The maximum Gasteiger partial charge on any atom is 0.337 e. The van der Waals surface area contributed by atoms with Crippen molar-refractivity contribution in [3.05, 3.63) is 83.4 Å². The Balaban J connectivity index is 1.87. The van der Waals surface area contributed by atoms with Crippen molar-refractivity contribution in [2.24, 2.45) is 0 Å². The summed E-state index contributed by atoms with van der Waals surface area (Å²) >= 11 is 0. The largest absolute Gasteiger partial charge is 0.478 e. The van der Waals surface area contributed by atoms with E-state index in [4.69, 9.17) is 5.11 Å². The monoisotopic (exact) mass is 367 g/mol. The Hall–Kier alpha value is -3.54. The molecule has 0 spiro atoms. The molecule has 0 aliphatic rings. The number of amides is 1. The summed E-state index contributed by atoms with van der Waals surface area (Å²) in [4.78, 5) is 23.4. The summed E-state index contributed by atoms with van der Waals surface area (Å²) in [5, 5.41) is 13.5. The molecule has 0 unspecified atom stereocenters. The van der Waals surface area contributed by atoms with Gasteiger partial charge in [0, 0.05) is 12.1 Å². The topological polar surface area (TPSA) is 66.4 Å². The van der Waals surface area contributed by atoms with Crippen molar-refractivity contribution >= 4 is 33.9 Å². The van der Waals surface area contributed by atoms with Gasteiger partial charge in [0.2, 0.25) is 5.91 Å². The van der Waals surface area contributed by atoms with Crippen molar-refractivity contribution in [3.8, 4) is 0 Å². The number of rotatable bonds is 4. The van der Waals surface area contributed by atoms with Crippen LogP contribution in [0.15, 0.2) is 60.7 Å². The van der Waals surface area contributed by atoms with Gasteiger partial charge in [-0.2, -0.15) is 0 Å². The van der Waals surface area contributed by atoms with Gasteiger partial charge in [-0.05, 0) is 41.0 Å². The zero-order valence-corrected chi connectivity index (χ0v) is 14.3. The van der Waals surface area contributed by atoms with Crippen molar-refractivity contribution in [2.45, 2.75) is 6.92 Å². The number of fused-ring (bicyclic) bond motifs is 1. The number of carboxylic acid groups (broad SMARTS) is 1. The second-order valence-corrected chi connectivity index (χ2v) is 6.00. The van der Waals surface area contributed by atoms with E-state index in [1.165, 1.54) is 6.08 Å². The third kappa shape index (κ3) is 4.00. The maximum absolute atomic E-state index is 13.4. The number of carbonyl (C=O) groups excluding carboxylic acids is 1. The van der Waals surface area contributed by atoms with Crippen LogP contribution in [0.2, 0.25) is 0 Å². The quantitative estimate of drug-likeness (QED) is 0.647. The maximum atomic E-state index is 13.4. The zero-order valence-electron chi connectivity index (χ0n) is 14.3. The first-order valence-corrected chi connectivity index (χ1v) is 8.06. The number of nitrogens with one attached hydrogen (secondary N) is 1. The molecular formula is C21H15F2NO3. The van der Waals surface area contributed by atoms with Gasteiger partial charge in [0.25, 0.3) is 0 Å². The SMILES string of the molecule is C/C(=C/C(=O)Nc1cc(F)c(F)cc1C(=O)O)c1ccc2ccccc2c1. The molecule has 3 aromatic rings. The Morgan fingerprint density at radius 2 is 1.63 bits per heavy atom. The lowest BCUT2D eigenvalue weighted by Crippen LogP contribution is -2.13. The second kappa shape index (κ2) is 7.37. The molecule has 0 fully saturated rings. The number of halogens is 2. The Morgan fingerprint density at radius 1 is 0.963 bits per heavy atom. The van der Waals surface area contributed by atoms with Crippen LogP contribution >= 0.6 is 0 Å². The Kier molecular flexibility index (Phi) is 4.98. The number of benzene rings is 3. The highest BCUT2D eigenvalue weighted by Gasteiger charge is 2.16. The standard InChI is InChI=1S/C21H15F2NO3/c1-12(14-7-6-13-4-2-3-5-15(13)9-14)8-20(25)24-19-11-18(23)17(22)10-16(19)21(26)27/h2-11H,1H3,(H,24,25)(H,26,27)/b12-8-. The van der Waals surface area contributed by atoms with Crippen LogP contribution in [0.25, 0.3) is 16.3 Å². The van der Waals surface area contributed by atoms with Crippen molar-refractivity contribution in [2.75, 3.05) is 5.32 Å². The molecule has 2 N–H and O–H groups in total. The van der Waals surface area contributed by atoms with Crippen LogP contribution in [-0.4, -0.2) is 17.0 Å². The summed E-state index contributed by atoms with van der Waals surface area (Å²) in [5.74, 6) is -4.66.